The number of fused-ring (bicyclic) bond motifs is 1. The van der Waals surface area contributed by atoms with Crippen molar-refractivity contribution in [1.82, 2.24) is 5.32 Å². The highest BCUT2D eigenvalue weighted by atomic mass is 19.1. The molecule has 1 aromatic heterocycles. The van der Waals surface area contributed by atoms with E-state index in [9.17, 15) is 4.39 Å². The first-order valence-corrected chi connectivity index (χ1v) is 7.80. The molecule has 0 aliphatic rings. The third-order valence-electron chi connectivity index (χ3n) is 3.62. The summed E-state index contributed by atoms with van der Waals surface area (Å²) in [6.07, 6.45) is 0.839. The Bertz CT molecular complexity index is 613. The Balaban J connectivity index is 2.42. The number of rotatable bonds is 6. The topological polar surface area (TPSA) is 25.2 Å². The minimum Gasteiger partial charge on any atom is -0.459 e. The number of benzene rings is 1. The van der Waals surface area contributed by atoms with Crippen molar-refractivity contribution in [3.05, 3.63) is 34.8 Å². The molecule has 1 heterocycles. The molecule has 0 saturated carbocycles. The molecule has 0 saturated heterocycles. The van der Waals surface area contributed by atoms with Gasteiger partial charge in [0.25, 0.3) is 0 Å². The zero-order chi connectivity index (χ0) is 15.6. The van der Waals surface area contributed by atoms with Crippen molar-refractivity contribution in [2.45, 2.75) is 47.6 Å². The molecule has 0 aliphatic carbocycles. The summed E-state index contributed by atoms with van der Waals surface area (Å²) in [4.78, 5) is 0. The maximum Gasteiger partial charge on any atom is 0.140 e. The zero-order valence-corrected chi connectivity index (χ0v) is 13.7. The molecular weight excluding hydrogens is 265 g/mol. The Labute approximate surface area is 126 Å². The Kier molecular flexibility index (Phi) is 5.04. The van der Waals surface area contributed by atoms with Crippen molar-refractivity contribution in [2.24, 2.45) is 11.8 Å². The highest BCUT2D eigenvalue weighted by Crippen LogP contribution is 2.32. The number of aryl methyl sites for hydroxylation is 1. The van der Waals surface area contributed by atoms with Gasteiger partial charge in [0.2, 0.25) is 0 Å². The first-order chi connectivity index (χ1) is 9.90. The zero-order valence-electron chi connectivity index (χ0n) is 13.7. The van der Waals surface area contributed by atoms with E-state index in [0.29, 0.717) is 29.3 Å². The SMILES string of the molecule is Cc1ccc(F)c2c(CC(C)C)c(CNCC(C)C)oc12. The monoisotopic (exact) mass is 291 g/mol. The molecule has 0 spiro atoms. The molecule has 0 radical (unpaired) electrons. The minimum atomic E-state index is -0.176. The van der Waals surface area contributed by atoms with E-state index in [0.717, 1.165) is 29.9 Å². The summed E-state index contributed by atoms with van der Waals surface area (Å²) in [6, 6.07) is 3.33. The predicted molar refractivity (Wildman–Crippen MR) is 86.0 cm³/mol. The third-order valence-corrected chi connectivity index (χ3v) is 3.62. The second-order valence-corrected chi connectivity index (χ2v) is 6.69. The standard InChI is InChI=1S/C18H26FNO/c1-11(2)8-14-16(10-20-9-12(3)4)21-18-13(5)6-7-15(19)17(14)18/h6-7,11-12,20H,8-10H2,1-5H3. The Morgan fingerprint density at radius 1 is 1.14 bits per heavy atom. The van der Waals surface area contributed by atoms with Crippen molar-refractivity contribution >= 4 is 11.0 Å². The van der Waals surface area contributed by atoms with Gasteiger partial charge in [0.15, 0.2) is 0 Å². The number of hydrogen-bond donors (Lipinski definition) is 1. The fourth-order valence-corrected chi connectivity index (χ4v) is 2.64. The van der Waals surface area contributed by atoms with Gasteiger partial charge in [-0.3, -0.25) is 0 Å². The number of halogens is 1. The van der Waals surface area contributed by atoms with Crippen LogP contribution in [-0.4, -0.2) is 6.54 Å². The summed E-state index contributed by atoms with van der Waals surface area (Å²) in [5, 5.41) is 4.07. The van der Waals surface area contributed by atoms with Gasteiger partial charge in [-0.25, -0.2) is 4.39 Å². The van der Waals surface area contributed by atoms with E-state index in [2.05, 4.69) is 33.0 Å². The first-order valence-electron chi connectivity index (χ1n) is 7.80. The number of furan rings is 1. The van der Waals surface area contributed by atoms with Gasteiger partial charge in [0.1, 0.15) is 17.2 Å². The molecule has 0 aliphatic heterocycles. The van der Waals surface area contributed by atoms with Crippen LogP contribution in [-0.2, 0) is 13.0 Å². The lowest BCUT2D eigenvalue weighted by molar-refractivity contribution is 0.476. The average molecular weight is 291 g/mol. The van der Waals surface area contributed by atoms with Crippen molar-refractivity contribution < 1.29 is 8.81 Å². The van der Waals surface area contributed by atoms with Gasteiger partial charge in [-0.05, 0) is 43.4 Å². The Morgan fingerprint density at radius 3 is 2.48 bits per heavy atom. The Morgan fingerprint density at radius 2 is 1.86 bits per heavy atom. The molecule has 1 N–H and O–H groups in total. The molecule has 2 rings (SSSR count). The van der Waals surface area contributed by atoms with Crippen LogP contribution < -0.4 is 5.32 Å². The summed E-state index contributed by atoms with van der Waals surface area (Å²) in [7, 11) is 0. The summed E-state index contributed by atoms with van der Waals surface area (Å²) in [5.74, 6) is 1.76. The van der Waals surface area contributed by atoms with Gasteiger partial charge >= 0.3 is 0 Å². The van der Waals surface area contributed by atoms with Crippen LogP contribution in [0.4, 0.5) is 4.39 Å². The molecule has 0 amide bonds. The van der Waals surface area contributed by atoms with Gasteiger partial charge in [-0.15, -0.1) is 0 Å². The van der Waals surface area contributed by atoms with Crippen molar-refractivity contribution in [1.29, 1.82) is 0 Å². The van der Waals surface area contributed by atoms with Gasteiger partial charge in [-0.2, -0.15) is 0 Å². The van der Waals surface area contributed by atoms with E-state index in [1.165, 1.54) is 0 Å². The third kappa shape index (κ3) is 3.65. The molecular formula is C18H26FNO. The van der Waals surface area contributed by atoms with Gasteiger partial charge in [0.05, 0.1) is 11.9 Å². The van der Waals surface area contributed by atoms with Crippen LogP contribution in [0.5, 0.6) is 0 Å². The second-order valence-electron chi connectivity index (χ2n) is 6.69. The fourth-order valence-electron chi connectivity index (χ4n) is 2.64. The molecule has 0 atom stereocenters. The molecule has 2 aromatic rings. The van der Waals surface area contributed by atoms with Crippen molar-refractivity contribution in [3.8, 4) is 0 Å². The Hall–Kier alpha value is -1.35. The van der Waals surface area contributed by atoms with Gasteiger partial charge < -0.3 is 9.73 Å². The van der Waals surface area contributed by atoms with E-state index < -0.39 is 0 Å². The van der Waals surface area contributed by atoms with E-state index in [1.807, 2.05) is 6.92 Å². The molecule has 0 bridgehead atoms. The number of nitrogens with one attached hydrogen (secondary N) is 1. The van der Waals surface area contributed by atoms with Crippen LogP contribution in [0.2, 0.25) is 0 Å². The van der Waals surface area contributed by atoms with Gasteiger partial charge in [-0.1, -0.05) is 33.8 Å². The lowest BCUT2D eigenvalue weighted by Crippen LogP contribution is -2.19. The summed E-state index contributed by atoms with van der Waals surface area (Å²) in [6.45, 7) is 12.2. The molecule has 21 heavy (non-hydrogen) atoms. The smallest absolute Gasteiger partial charge is 0.140 e. The highest BCUT2D eigenvalue weighted by molar-refractivity contribution is 5.85. The first kappa shape index (κ1) is 16.0. The maximum absolute atomic E-state index is 14.3. The van der Waals surface area contributed by atoms with Crippen LogP contribution in [0, 0.1) is 24.6 Å². The molecule has 0 fully saturated rings. The van der Waals surface area contributed by atoms with Crippen molar-refractivity contribution in [3.63, 3.8) is 0 Å². The largest absolute Gasteiger partial charge is 0.459 e. The second kappa shape index (κ2) is 6.61. The van der Waals surface area contributed by atoms with E-state index in [-0.39, 0.29) is 5.82 Å². The maximum atomic E-state index is 14.3. The molecule has 1 aromatic carbocycles. The average Bonchev–Trinajstić information content (AvgIpc) is 2.73. The lowest BCUT2D eigenvalue weighted by atomic mass is 9.98. The summed E-state index contributed by atoms with van der Waals surface area (Å²) >= 11 is 0. The highest BCUT2D eigenvalue weighted by Gasteiger charge is 2.19. The molecule has 2 nitrogen and oxygen atoms in total. The van der Waals surface area contributed by atoms with E-state index >= 15 is 0 Å². The summed E-state index contributed by atoms with van der Waals surface area (Å²) in [5.41, 5.74) is 2.72. The summed E-state index contributed by atoms with van der Waals surface area (Å²) < 4.78 is 20.3. The molecule has 0 unspecified atom stereocenters. The van der Waals surface area contributed by atoms with Crippen LogP contribution >= 0.6 is 0 Å². The van der Waals surface area contributed by atoms with Crippen LogP contribution in [0.15, 0.2) is 16.5 Å². The van der Waals surface area contributed by atoms with Crippen LogP contribution in [0.3, 0.4) is 0 Å². The fraction of sp³-hybridized carbons (Fsp3) is 0.556. The van der Waals surface area contributed by atoms with Crippen LogP contribution in [0.1, 0.15) is 44.6 Å². The van der Waals surface area contributed by atoms with E-state index in [1.54, 1.807) is 12.1 Å². The predicted octanol–water partition coefficient (Wildman–Crippen LogP) is 4.82. The van der Waals surface area contributed by atoms with Gasteiger partial charge in [0, 0.05) is 5.56 Å². The van der Waals surface area contributed by atoms with E-state index in [4.69, 9.17) is 4.42 Å². The lowest BCUT2D eigenvalue weighted by Gasteiger charge is -2.09. The number of hydrogen-bond acceptors (Lipinski definition) is 2. The minimum absolute atomic E-state index is 0.176. The quantitative estimate of drug-likeness (QED) is 0.825. The molecule has 3 heteroatoms. The molecule has 116 valence electrons. The normalized spacial score (nSPS) is 12.0. The van der Waals surface area contributed by atoms with Crippen molar-refractivity contribution in [2.75, 3.05) is 6.54 Å². The van der Waals surface area contributed by atoms with Crippen LogP contribution in [0.25, 0.3) is 11.0 Å².